The summed E-state index contributed by atoms with van der Waals surface area (Å²) < 4.78 is 12.1. The Bertz CT molecular complexity index is 1260. The third-order valence-electron chi connectivity index (χ3n) is 12.1. The van der Waals surface area contributed by atoms with Gasteiger partial charge in [0, 0.05) is 43.8 Å². The average Bonchev–Trinajstić information content (AvgIpc) is 3.26. The van der Waals surface area contributed by atoms with Gasteiger partial charge in [-0.25, -0.2) is 4.79 Å². The van der Waals surface area contributed by atoms with E-state index < -0.39 is 0 Å². The van der Waals surface area contributed by atoms with Crippen LogP contribution in [0, 0.1) is 34.5 Å². The normalized spacial score (nSPS) is 37.1. The van der Waals surface area contributed by atoms with E-state index in [-0.39, 0.29) is 11.7 Å². The fourth-order valence-electron chi connectivity index (χ4n) is 9.79. The predicted molar refractivity (Wildman–Crippen MR) is 161 cm³/mol. The molecule has 1 aromatic carbocycles. The monoisotopic (exact) mass is 550 g/mol. The van der Waals surface area contributed by atoms with Crippen LogP contribution >= 0.6 is 0 Å². The van der Waals surface area contributed by atoms with E-state index in [1.165, 1.54) is 44.9 Å². The lowest BCUT2D eigenvalue weighted by Crippen LogP contribution is -2.54. The van der Waals surface area contributed by atoms with Crippen molar-refractivity contribution in [3.8, 4) is 0 Å². The molecule has 0 amide bonds. The molecule has 0 unspecified atom stereocenters. The topological polar surface area (TPSA) is 74.9 Å². The van der Waals surface area contributed by atoms with Gasteiger partial charge in [-0.3, -0.25) is 0 Å². The van der Waals surface area contributed by atoms with Gasteiger partial charge in [0.2, 0.25) is 0 Å². The second-order valence-corrected chi connectivity index (χ2v) is 14.2. The van der Waals surface area contributed by atoms with Crippen LogP contribution in [0.1, 0.15) is 77.2 Å². The lowest BCUT2D eigenvalue weighted by Gasteiger charge is -2.60. The maximum absolute atomic E-state index is 12.2. The Labute approximate surface area is 239 Å². The second-order valence-electron chi connectivity index (χ2n) is 14.2. The van der Waals surface area contributed by atoms with Gasteiger partial charge < -0.3 is 24.5 Å². The lowest BCUT2D eigenvalue weighted by atomic mass is 9.45. The zero-order valence-corrected chi connectivity index (χ0v) is 25.1. The summed E-state index contributed by atoms with van der Waals surface area (Å²) in [5, 5.41) is 14.9. The minimum absolute atomic E-state index is 0.0654. The van der Waals surface area contributed by atoms with E-state index >= 15 is 0 Å². The Balaban J connectivity index is 1.00. The fourth-order valence-corrected chi connectivity index (χ4v) is 9.79. The molecule has 6 rings (SSSR count). The number of fused-ring (bicyclic) bond motifs is 6. The van der Waals surface area contributed by atoms with Crippen LogP contribution < -0.4 is 15.8 Å². The molecule has 4 fully saturated rings. The molecule has 2 aromatic rings. The summed E-state index contributed by atoms with van der Waals surface area (Å²) in [5.41, 5.74) is 3.16. The van der Waals surface area contributed by atoms with E-state index in [0.29, 0.717) is 22.5 Å². The van der Waals surface area contributed by atoms with Crippen molar-refractivity contribution in [1.29, 1.82) is 0 Å². The van der Waals surface area contributed by atoms with Gasteiger partial charge in [0.05, 0.1) is 18.8 Å². The molecule has 1 heterocycles. The van der Waals surface area contributed by atoms with Crippen LogP contribution in [0.5, 0.6) is 0 Å². The van der Waals surface area contributed by atoms with Gasteiger partial charge in [0.1, 0.15) is 5.58 Å². The molecule has 0 bridgehead atoms. The number of hydrogen-bond donors (Lipinski definition) is 2. The van der Waals surface area contributed by atoms with Crippen molar-refractivity contribution in [3.63, 3.8) is 0 Å². The number of nitrogens with one attached hydrogen (secondary N) is 1. The molecule has 0 aliphatic heterocycles. The lowest BCUT2D eigenvalue weighted by molar-refractivity contribution is -0.140. The molecule has 4 saturated carbocycles. The van der Waals surface area contributed by atoms with E-state index in [1.54, 1.807) is 6.07 Å². The van der Waals surface area contributed by atoms with Gasteiger partial charge in [-0.15, -0.1) is 0 Å². The Morgan fingerprint density at radius 3 is 2.62 bits per heavy atom. The number of hydrogen-bond acceptors (Lipinski definition) is 6. The third kappa shape index (κ3) is 5.03. The highest BCUT2D eigenvalue weighted by molar-refractivity contribution is 5.83. The number of ether oxygens (including phenoxy) is 1. The van der Waals surface area contributed by atoms with E-state index in [1.807, 2.05) is 25.1 Å². The van der Waals surface area contributed by atoms with Crippen LogP contribution in [0.2, 0.25) is 0 Å². The van der Waals surface area contributed by atoms with Gasteiger partial charge in [0.25, 0.3) is 0 Å². The Kier molecular flexibility index (Phi) is 7.82. The van der Waals surface area contributed by atoms with Crippen LogP contribution in [0.4, 0.5) is 5.69 Å². The van der Waals surface area contributed by atoms with Gasteiger partial charge in [-0.2, -0.15) is 0 Å². The molecule has 40 heavy (non-hydrogen) atoms. The molecule has 0 radical (unpaired) electrons. The molecule has 4 aliphatic rings. The predicted octanol–water partition coefficient (Wildman–Crippen LogP) is 5.78. The summed E-state index contributed by atoms with van der Waals surface area (Å²) in [6, 6.07) is 7.70. The van der Waals surface area contributed by atoms with Crippen molar-refractivity contribution in [2.75, 3.05) is 38.7 Å². The minimum atomic E-state index is -0.288. The SMILES string of the molecule is CN(C)c1ccc2c(CCNCCO[C@H]3CC[C@H]4[C@@H]5CC[C@H]6C[C@H](O)CC[C@]6(C)[C@H]5CC[C@]34C)cc(=O)oc2c1. The second kappa shape index (κ2) is 11.1. The molecule has 8 atom stereocenters. The number of aliphatic hydroxyl groups is 1. The van der Waals surface area contributed by atoms with E-state index in [0.717, 1.165) is 79.3 Å². The molecule has 0 spiro atoms. The highest BCUT2D eigenvalue weighted by Crippen LogP contribution is 2.66. The molecular weight excluding hydrogens is 500 g/mol. The molecule has 4 aliphatic carbocycles. The van der Waals surface area contributed by atoms with Crippen molar-refractivity contribution < 1.29 is 14.3 Å². The Morgan fingerprint density at radius 1 is 1.00 bits per heavy atom. The quantitative estimate of drug-likeness (QED) is 0.321. The van der Waals surface area contributed by atoms with E-state index in [2.05, 4.69) is 31.3 Å². The highest BCUT2D eigenvalue weighted by atomic mass is 16.5. The summed E-state index contributed by atoms with van der Waals surface area (Å²) in [5.74, 6) is 3.19. The first-order valence-corrected chi connectivity index (χ1v) is 15.9. The smallest absolute Gasteiger partial charge is 0.336 e. The van der Waals surface area contributed by atoms with Crippen molar-refractivity contribution in [3.05, 3.63) is 40.2 Å². The Morgan fingerprint density at radius 2 is 1.80 bits per heavy atom. The van der Waals surface area contributed by atoms with Crippen LogP contribution in [0.3, 0.4) is 0 Å². The first-order valence-electron chi connectivity index (χ1n) is 15.9. The molecule has 6 heteroatoms. The number of benzene rings is 1. The highest BCUT2D eigenvalue weighted by Gasteiger charge is 2.60. The van der Waals surface area contributed by atoms with Crippen molar-refractivity contribution >= 4 is 16.7 Å². The summed E-state index contributed by atoms with van der Waals surface area (Å²) >= 11 is 0. The van der Waals surface area contributed by atoms with Crippen molar-refractivity contribution in [1.82, 2.24) is 5.32 Å². The standard InChI is InChI=1S/C34H50N2O4/c1-33-14-11-25(37)20-23(33)5-7-27-28-9-10-31(34(28,2)15-12-29(27)33)39-18-17-35-16-13-22-19-32(38)40-30-21-24(36(3)4)6-8-26(22)30/h6,8,19,21,23,25,27-29,31,35,37H,5,7,9-18,20H2,1-4H3/t23-,25+,27-,28-,29-,31-,33-,34-/m0/s1. The summed E-state index contributed by atoms with van der Waals surface area (Å²) in [4.78, 5) is 14.2. The number of rotatable bonds is 8. The molecule has 220 valence electrons. The largest absolute Gasteiger partial charge is 0.423 e. The first-order chi connectivity index (χ1) is 19.2. The van der Waals surface area contributed by atoms with Gasteiger partial charge in [-0.05, 0) is 123 Å². The molecule has 1 aromatic heterocycles. The molecule has 0 saturated heterocycles. The molecule has 6 nitrogen and oxygen atoms in total. The van der Waals surface area contributed by atoms with Crippen molar-refractivity contribution in [2.24, 2.45) is 34.5 Å². The maximum atomic E-state index is 12.2. The van der Waals surface area contributed by atoms with Crippen LogP contribution in [-0.4, -0.2) is 51.1 Å². The van der Waals surface area contributed by atoms with Gasteiger partial charge >= 0.3 is 5.63 Å². The summed E-state index contributed by atoms with van der Waals surface area (Å²) in [6.45, 7) is 7.48. The summed E-state index contributed by atoms with van der Waals surface area (Å²) in [6.07, 6.45) is 12.2. The molecular formula is C34H50N2O4. The van der Waals surface area contributed by atoms with Crippen molar-refractivity contribution in [2.45, 2.75) is 90.3 Å². The van der Waals surface area contributed by atoms with Gasteiger partial charge in [0.15, 0.2) is 0 Å². The van der Waals surface area contributed by atoms with E-state index in [9.17, 15) is 9.90 Å². The maximum Gasteiger partial charge on any atom is 0.336 e. The number of aliphatic hydroxyl groups excluding tert-OH is 1. The van der Waals surface area contributed by atoms with Crippen LogP contribution in [-0.2, 0) is 11.2 Å². The Hall–Kier alpha value is -1.89. The van der Waals surface area contributed by atoms with Crippen LogP contribution in [0.15, 0.2) is 33.5 Å². The average molecular weight is 551 g/mol. The minimum Gasteiger partial charge on any atom is -0.423 e. The fraction of sp³-hybridized carbons (Fsp3) is 0.735. The summed E-state index contributed by atoms with van der Waals surface area (Å²) in [7, 11) is 3.97. The third-order valence-corrected chi connectivity index (χ3v) is 12.1. The molecule has 2 N–H and O–H groups in total. The number of anilines is 1. The number of nitrogens with zero attached hydrogens (tertiary/aromatic N) is 1. The zero-order chi connectivity index (χ0) is 28.1. The van der Waals surface area contributed by atoms with Gasteiger partial charge in [-0.1, -0.05) is 13.8 Å². The van der Waals surface area contributed by atoms with E-state index in [4.69, 9.17) is 9.15 Å². The van der Waals surface area contributed by atoms with Crippen LogP contribution in [0.25, 0.3) is 11.0 Å². The first kappa shape index (κ1) is 28.2. The zero-order valence-electron chi connectivity index (χ0n) is 25.1.